The smallest absolute Gasteiger partial charge is 0.141 e. The summed E-state index contributed by atoms with van der Waals surface area (Å²) in [6.45, 7) is 3.01. The first-order valence-corrected chi connectivity index (χ1v) is 6.70. The van der Waals surface area contributed by atoms with Crippen LogP contribution >= 0.6 is 22.6 Å². The van der Waals surface area contributed by atoms with Crippen LogP contribution in [0.3, 0.4) is 0 Å². The molecule has 0 aliphatic heterocycles. The second-order valence-corrected chi connectivity index (χ2v) is 5.06. The number of hydrogen-bond acceptors (Lipinski definition) is 3. The Morgan fingerprint density at radius 3 is 2.71 bits per heavy atom. The first kappa shape index (κ1) is 12.5. The summed E-state index contributed by atoms with van der Waals surface area (Å²) in [6, 6.07) is 8.76. The molecule has 0 saturated heterocycles. The van der Waals surface area contributed by atoms with E-state index in [1.165, 1.54) is 9.13 Å². The summed E-state index contributed by atoms with van der Waals surface area (Å²) >= 11 is 2.31. The number of benzene rings is 1. The van der Waals surface area contributed by atoms with Gasteiger partial charge in [0.1, 0.15) is 12.2 Å². The number of H-pyrrole nitrogens is 1. The zero-order valence-corrected chi connectivity index (χ0v) is 11.8. The third-order valence-electron chi connectivity index (χ3n) is 2.57. The largest absolute Gasteiger partial charge is 0.307 e. The van der Waals surface area contributed by atoms with Crippen LogP contribution in [-0.4, -0.2) is 21.7 Å². The highest BCUT2D eigenvalue weighted by atomic mass is 127. The van der Waals surface area contributed by atoms with E-state index < -0.39 is 0 Å². The van der Waals surface area contributed by atoms with Gasteiger partial charge in [0.05, 0.1) is 6.04 Å². The molecule has 2 N–H and O–H groups in total. The lowest BCUT2D eigenvalue weighted by Gasteiger charge is -2.15. The number of hydrogen-bond donors (Lipinski definition) is 2. The van der Waals surface area contributed by atoms with Gasteiger partial charge in [-0.25, -0.2) is 4.98 Å². The summed E-state index contributed by atoms with van der Waals surface area (Å²) in [5.74, 6) is 0.894. The van der Waals surface area contributed by atoms with Crippen molar-refractivity contribution >= 4 is 22.6 Å². The van der Waals surface area contributed by atoms with Gasteiger partial charge < -0.3 is 5.32 Å². The topological polar surface area (TPSA) is 53.6 Å². The molecule has 0 spiro atoms. The number of aromatic nitrogens is 3. The highest BCUT2D eigenvalue weighted by Crippen LogP contribution is 2.15. The van der Waals surface area contributed by atoms with E-state index in [9.17, 15) is 0 Å². The molecule has 5 heteroatoms. The summed E-state index contributed by atoms with van der Waals surface area (Å²) in [4.78, 5) is 4.22. The number of rotatable bonds is 5. The maximum absolute atomic E-state index is 4.22. The molecule has 1 aromatic carbocycles. The van der Waals surface area contributed by atoms with Gasteiger partial charge in [0.2, 0.25) is 0 Å². The Kier molecular flexibility index (Phi) is 4.49. The van der Waals surface area contributed by atoms with Crippen LogP contribution in [0.15, 0.2) is 30.6 Å². The second kappa shape index (κ2) is 6.11. The van der Waals surface area contributed by atoms with Crippen molar-refractivity contribution in [1.29, 1.82) is 0 Å². The highest BCUT2D eigenvalue weighted by molar-refractivity contribution is 14.1. The van der Waals surface area contributed by atoms with Gasteiger partial charge in [-0.15, -0.1) is 0 Å². The van der Waals surface area contributed by atoms with Crippen LogP contribution in [-0.2, 0) is 6.42 Å². The highest BCUT2D eigenvalue weighted by Gasteiger charge is 2.13. The van der Waals surface area contributed by atoms with E-state index in [2.05, 4.69) is 74.3 Å². The fourth-order valence-corrected chi connectivity index (χ4v) is 2.11. The predicted octanol–water partition coefficient (Wildman–Crippen LogP) is 2.30. The fraction of sp³-hybridized carbons (Fsp3) is 0.333. The van der Waals surface area contributed by atoms with E-state index >= 15 is 0 Å². The molecular formula is C12H15IN4. The van der Waals surface area contributed by atoms with E-state index in [1.54, 1.807) is 6.33 Å². The minimum atomic E-state index is 0.197. The molecule has 1 atom stereocenters. The van der Waals surface area contributed by atoms with Crippen LogP contribution in [0.1, 0.15) is 24.4 Å². The summed E-state index contributed by atoms with van der Waals surface area (Å²) < 4.78 is 1.26. The zero-order valence-electron chi connectivity index (χ0n) is 9.65. The molecule has 4 nitrogen and oxygen atoms in total. The molecule has 0 radical (unpaired) electrons. The number of nitrogens with one attached hydrogen (secondary N) is 2. The second-order valence-electron chi connectivity index (χ2n) is 3.81. The third kappa shape index (κ3) is 3.50. The Balaban J connectivity index is 2.10. The van der Waals surface area contributed by atoms with Gasteiger partial charge in [0, 0.05) is 3.57 Å². The quantitative estimate of drug-likeness (QED) is 0.820. The fourth-order valence-electron chi connectivity index (χ4n) is 1.75. The number of likely N-dealkylation sites (N-methyl/N-ethyl adjacent to an activating group) is 1. The Labute approximate surface area is 114 Å². The molecule has 0 aliphatic rings. The molecule has 0 saturated carbocycles. The third-order valence-corrected chi connectivity index (χ3v) is 3.29. The molecular weight excluding hydrogens is 327 g/mol. The molecule has 1 unspecified atom stereocenters. The summed E-state index contributed by atoms with van der Waals surface area (Å²) in [6.07, 6.45) is 2.47. The lowest BCUT2D eigenvalue weighted by molar-refractivity contribution is 0.523. The minimum absolute atomic E-state index is 0.197. The molecule has 0 fully saturated rings. The predicted molar refractivity (Wildman–Crippen MR) is 75.7 cm³/mol. The van der Waals surface area contributed by atoms with Crippen molar-refractivity contribution in [3.05, 3.63) is 45.6 Å². The molecule has 90 valence electrons. The van der Waals surface area contributed by atoms with Crippen molar-refractivity contribution in [2.24, 2.45) is 0 Å². The molecule has 1 heterocycles. The van der Waals surface area contributed by atoms with Crippen LogP contribution in [0.25, 0.3) is 0 Å². The van der Waals surface area contributed by atoms with Crippen molar-refractivity contribution in [2.75, 3.05) is 6.54 Å². The van der Waals surface area contributed by atoms with Crippen molar-refractivity contribution in [1.82, 2.24) is 20.5 Å². The standard InChI is InChI=1S/C12H15IN4/c1-2-14-11(12-15-8-16-17-12)7-9-3-5-10(13)6-4-9/h3-6,8,11,14H,2,7H2,1H3,(H,15,16,17). The van der Waals surface area contributed by atoms with Crippen molar-refractivity contribution in [3.8, 4) is 0 Å². The molecule has 0 amide bonds. The number of nitrogens with zero attached hydrogens (tertiary/aromatic N) is 2. The van der Waals surface area contributed by atoms with E-state index in [-0.39, 0.29) is 6.04 Å². The maximum Gasteiger partial charge on any atom is 0.141 e. The van der Waals surface area contributed by atoms with Gasteiger partial charge in [0.15, 0.2) is 0 Å². The first-order valence-electron chi connectivity index (χ1n) is 5.62. The lowest BCUT2D eigenvalue weighted by Crippen LogP contribution is -2.24. The normalized spacial score (nSPS) is 12.6. The van der Waals surface area contributed by atoms with Crippen molar-refractivity contribution in [2.45, 2.75) is 19.4 Å². The Morgan fingerprint density at radius 2 is 2.12 bits per heavy atom. The van der Waals surface area contributed by atoms with Gasteiger partial charge in [-0.2, -0.15) is 5.10 Å². The molecule has 1 aromatic heterocycles. The van der Waals surface area contributed by atoms with E-state index in [0.29, 0.717) is 0 Å². The van der Waals surface area contributed by atoms with Gasteiger partial charge in [-0.1, -0.05) is 19.1 Å². The van der Waals surface area contributed by atoms with Crippen LogP contribution in [0.5, 0.6) is 0 Å². The lowest BCUT2D eigenvalue weighted by atomic mass is 10.1. The van der Waals surface area contributed by atoms with Crippen LogP contribution < -0.4 is 5.32 Å². The SMILES string of the molecule is CCNC(Cc1ccc(I)cc1)c1ncn[nH]1. The van der Waals surface area contributed by atoms with Gasteiger partial charge >= 0.3 is 0 Å². The average Bonchev–Trinajstić information content (AvgIpc) is 2.85. The van der Waals surface area contributed by atoms with Gasteiger partial charge in [-0.3, -0.25) is 5.10 Å². The van der Waals surface area contributed by atoms with Crippen LogP contribution in [0, 0.1) is 3.57 Å². The Hall–Kier alpha value is -0.950. The summed E-state index contributed by atoms with van der Waals surface area (Å²) in [7, 11) is 0. The van der Waals surface area contributed by atoms with E-state index in [1.807, 2.05) is 0 Å². The van der Waals surface area contributed by atoms with Crippen molar-refractivity contribution < 1.29 is 0 Å². The number of aromatic amines is 1. The summed E-state index contributed by atoms with van der Waals surface area (Å²) in [5, 5.41) is 10.2. The Bertz CT molecular complexity index is 438. The molecule has 0 aliphatic carbocycles. The van der Waals surface area contributed by atoms with E-state index in [4.69, 9.17) is 0 Å². The molecule has 0 bridgehead atoms. The number of halogens is 1. The van der Waals surface area contributed by atoms with Gasteiger partial charge in [0.25, 0.3) is 0 Å². The molecule has 2 aromatic rings. The minimum Gasteiger partial charge on any atom is -0.307 e. The van der Waals surface area contributed by atoms with E-state index in [0.717, 1.165) is 18.8 Å². The Morgan fingerprint density at radius 1 is 1.35 bits per heavy atom. The zero-order chi connectivity index (χ0) is 12.1. The average molecular weight is 342 g/mol. The summed E-state index contributed by atoms with van der Waals surface area (Å²) in [5.41, 5.74) is 1.30. The van der Waals surface area contributed by atoms with Gasteiger partial charge in [-0.05, 0) is 53.3 Å². The first-order chi connectivity index (χ1) is 8.29. The van der Waals surface area contributed by atoms with Crippen LogP contribution in [0.4, 0.5) is 0 Å². The molecule has 2 rings (SSSR count). The maximum atomic E-state index is 4.22. The van der Waals surface area contributed by atoms with Crippen LogP contribution in [0.2, 0.25) is 0 Å². The van der Waals surface area contributed by atoms with Crippen molar-refractivity contribution in [3.63, 3.8) is 0 Å². The molecule has 17 heavy (non-hydrogen) atoms. The monoisotopic (exact) mass is 342 g/mol.